The topological polar surface area (TPSA) is 20.2 Å². The van der Waals surface area contributed by atoms with Gasteiger partial charge in [-0.15, -0.1) is 23.2 Å². The second kappa shape index (κ2) is 5.67. The number of rotatable bonds is 4. The minimum absolute atomic E-state index is 0.0532. The lowest BCUT2D eigenvalue weighted by molar-refractivity contribution is 0.285. The van der Waals surface area contributed by atoms with Crippen molar-refractivity contribution < 1.29 is 5.11 Å². The van der Waals surface area contributed by atoms with Gasteiger partial charge in [0.25, 0.3) is 0 Å². The highest BCUT2D eigenvalue weighted by Crippen LogP contribution is 2.06. The first-order chi connectivity index (χ1) is 3.81. The van der Waals surface area contributed by atoms with E-state index in [2.05, 4.69) is 0 Å². The monoisotopic (exact) mass is 156 g/mol. The average molecular weight is 157 g/mol. The molecule has 3 heteroatoms. The molecule has 1 nitrogen and oxygen atoms in total. The van der Waals surface area contributed by atoms with Gasteiger partial charge in [-0.2, -0.15) is 0 Å². The molecule has 0 saturated carbocycles. The van der Waals surface area contributed by atoms with Crippen molar-refractivity contribution in [3.05, 3.63) is 0 Å². The zero-order valence-corrected chi connectivity index (χ0v) is 6.12. The quantitative estimate of drug-likeness (QED) is 0.614. The fraction of sp³-hybridized carbons (Fsp3) is 1.00. The van der Waals surface area contributed by atoms with Gasteiger partial charge in [0.1, 0.15) is 0 Å². The van der Waals surface area contributed by atoms with Crippen molar-refractivity contribution >= 4 is 23.2 Å². The summed E-state index contributed by atoms with van der Waals surface area (Å²) in [6, 6.07) is 0. The Morgan fingerprint density at radius 2 is 2.00 bits per heavy atom. The standard InChI is InChI=1S/C5H10Cl2O/c6-3-1-5(7)2-4-8/h5,8H,1-4H2. The third-order valence-electron chi connectivity index (χ3n) is 0.865. The normalized spacial score (nSPS) is 13.9. The van der Waals surface area contributed by atoms with Crippen LogP contribution in [0, 0.1) is 0 Å². The molecule has 0 spiro atoms. The summed E-state index contributed by atoms with van der Waals surface area (Å²) < 4.78 is 0. The summed E-state index contributed by atoms with van der Waals surface area (Å²) in [7, 11) is 0. The molecule has 1 atom stereocenters. The van der Waals surface area contributed by atoms with Gasteiger partial charge >= 0.3 is 0 Å². The van der Waals surface area contributed by atoms with E-state index in [0.29, 0.717) is 12.3 Å². The highest BCUT2D eigenvalue weighted by molar-refractivity contribution is 6.22. The van der Waals surface area contributed by atoms with Crippen LogP contribution in [0.4, 0.5) is 0 Å². The van der Waals surface area contributed by atoms with Crippen LogP contribution in [-0.4, -0.2) is 23.0 Å². The molecule has 1 N–H and O–H groups in total. The van der Waals surface area contributed by atoms with Crippen molar-refractivity contribution in [2.75, 3.05) is 12.5 Å². The van der Waals surface area contributed by atoms with E-state index in [1.807, 2.05) is 0 Å². The van der Waals surface area contributed by atoms with Crippen molar-refractivity contribution in [2.24, 2.45) is 0 Å². The third kappa shape index (κ3) is 4.69. The lowest BCUT2D eigenvalue weighted by Crippen LogP contribution is -2.01. The SMILES string of the molecule is OCCC(Cl)CCCl. The predicted molar refractivity (Wildman–Crippen MR) is 36.7 cm³/mol. The maximum atomic E-state index is 8.34. The minimum Gasteiger partial charge on any atom is -0.396 e. The third-order valence-corrected chi connectivity index (χ3v) is 1.52. The zero-order valence-electron chi connectivity index (χ0n) is 4.61. The molecule has 0 aliphatic carbocycles. The van der Waals surface area contributed by atoms with Crippen LogP contribution in [0.2, 0.25) is 0 Å². The Morgan fingerprint density at radius 3 is 2.38 bits per heavy atom. The van der Waals surface area contributed by atoms with E-state index < -0.39 is 0 Å². The molecule has 0 bridgehead atoms. The first-order valence-corrected chi connectivity index (χ1v) is 3.59. The number of aliphatic hydroxyl groups excluding tert-OH is 1. The molecular weight excluding hydrogens is 147 g/mol. The zero-order chi connectivity index (χ0) is 6.41. The first-order valence-electron chi connectivity index (χ1n) is 2.62. The van der Waals surface area contributed by atoms with Gasteiger partial charge in [-0.25, -0.2) is 0 Å². The second-order valence-corrected chi connectivity index (χ2v) is 2.58. The van der Waals surface area contributed by atoms with Crippen LogP contribution in [0.15, 0.2) is 0 Å². The lowest BCUT2D eigenvalue weighted by atomic mass is 10.2. The van der Waals surface area contributed by atoms with Gasteiger partial charge in [-0.05, 0) is 12.8 Å². The van der Waals surface area contributed by atoms with Gasteiger partial charge in [0, 0.05) is 17.9 Å². The Morgan fingerprint density at radius 1 is 1.38 bits per heavy atom. The van der Waals surface area contributed by atoms with Crippen molar-refractivity contribution in [1.82, 2.24) is 0 Å². The van der Waals surface area contributed by atoms with Crippen molar-refractivity contribution in [3.63, 3.8) is 0 Å². The van der Waals surface area contributed by atoms with Crippen LogP contribution in [0.1, 0.15) is 12.8 Å². The van der Waals surface area contributed by atoms with Gasteiger partial charge in [0.15, 0.2) is 0 Å². The Labute approximate surface area is 59.6 Å². The van der Waals surface area contributed by atoms with Crippen molar-refractivity contribution in [1.29, 1.82) is 0 Å². The van der Waals surface area contributed by atoms with Crippen LogP contribution in [0.25, 0.3) is 0 Å². The number of hydrogen-bond acceptors (Lipinski definition) is 1. The number of halogens is 2. The Bertz CT molecular complexity index is 43.7. The van der Waals surface area contributed by atoms with Crippen molar-refractivity contribution in [3.8, 4) is 0 Å². The summed E-state index contributed by atoms with van der Waals surface area (Å²) in [5, 5.41) is 8.39. The van der Waals surface area contributed by atoms with Gasteiger partial charge in [0.2, 0.25) is 0 Å². The molecule has 50 valence electrons. The highest BCUT2D eigenvalue weighted by atomic mass is 35.5. The maximum absolute atomic E-state index is 8.34. The maximum Gasteiger partial charge on any atom is 0.0445 e. The average Bonchev–Trinajstić information content (AvgIpc) is 1.68. The molecule has 0 aliphatic rings. The van der Waals surface area contributed by atoms with E-state index in [1.54, 1.807) is 0 Å². The van der Waals surface area contributed by atoms with E-state index in [0.717, 1.165) is 6.42 Å². The molecule has 0 radical (unpaired) electrons. The van der Waals surface area contributed by atoms with Gasteiger partial charge in [-0.1, -0.05) is 0 Å². The molecule has 0 aromatic heterocycles. The lowest BCUT2D eigenvalue weighted by Gasteiger charge is -2.01. The molecule has 0 aliphatic heterocycles. The molecule has 0 heterocycles. The smallest absolute Gasteiger partial charge is 0.0445 e. The summed E-state index contributed by atoms with van der Waals surface area (Å²) >= 11 is 11.0. The molecule has 0 fully saturated rings. The molecular formula is C5H10Cl2O. The molecule has 0 saturated heterocycles. The van der Waals surface area contributed by atoms with Gasteiger partial charge < -0.3 is 5.11 Å². The van der Waals surface area contributed by atoms with Gasteiger partial charge in [0.05, 0.1) is 0 Å². The minimum atomic E-state index is 0.0532. The van der Waals surface area contributed by atoms with Crippen LogP contribution >= 0.6 is 23.2 Å². The number of alkyl halides is 2. The number of hydrogen-bond donors (Lipinski definition) is 1. The van der Waals surface area contributed by atoms with E-state index in [4.69, 9.17) is 28.3 Å². The molecule has 0 aromatic carbocycles. The largest absolute Gasteiger partial charge is 0.396 e. The molecule has 0 amide bonds. The van der Waals surface area contributed by atoms with Crippen molar-refractivity contribution in [2.45, 2.75) is 18.2 Å². The van der Waals surface area contributed by atoms with Crippen LogP contribution in [0.5, 0.6) is 0 Å². The molecule has 8 heavy (non-hydrogen) atoms. The van der Waals surface area contributed by atoms with E-state index >= 15 is 0 Å². The summed E-state index contributed by atoms with van der Waals surface area (Å²) in [6.45, 7) is 0.158. The van der Waals surface area contributed by atoms with E-state index in [1.165, 1.54) is 0 Å². The Kier molecular flexibility index (Phi) is 6.06. The summed E-state index contributed by atoms with van der Waals surface area (Å²) in [5.74, 6) is 0.578. The van der Waals surface area contributed by atoms with Gasteiger partial charge in [-0.3, -0.25) is 0 Å². The molecule has 1 unspecified atom stereocenters. The second-order valence-electron chi connectivity index (χ2n) is 1.59. The summed E-state index contributed by atoms with van der Waals surface area (Å²) in [5.41, 5.74) is 0. The van der Waals surface area contributed by atoms with E-state index in [-0.39, 0.29) is 12.0 Å². The summed E-state index contributed by atoms with van der Waals surface area (Å²) in [6.07, 6.45) is 1.43. The summed E-state index contributed by atoms with van der Waals surface area (Å²) in [4.78, 5) is 0. The van der Waals surface area contributed by atoms with Crippen LogP contribution in [-0.2, 0) is 0 Å². The number of aliphatic hydroxyl groups is 1. The highest BCUT2D eigenvalue weighted by Gasteiger charge is 2.00. The molecule has 0 rings (SSSR count). The van der Waals surface area contributed by atoms with E-state index in [9.17, 15) is 0 Å². The Balaban J connectivity index is 2.92. The Hall–Kier alpha value is 0.540. The fourth-order valence-electron chi connectivity index (χ4n) is 0.403. The fourth-order valence-corrected chi connectivity index (χ4v) is 0.985. The predicted octanol–water partition coefficient (Wildman–Crippen LogP) is 1.61. The first kappa shape index (κ1) is 8.54. The van der Waals surface area contributed by atoms with Crippen LogP contribution < -0.4 is 0 Å². The van der Waals surface area contributed by atoms with Crippen LogP contribution in [0.3, 0.4) is 0 Å². The molecule has 0 aromatic rings.